The van der Waals surface area contributed by atoms with Crippen molar-refractivity contribution in [1.82, 2.24) is 39.8 Å². The number of fused-ring (bicyclic) bond motifs is 2. The van der Waals surface area contributed by atoms with Crippen LogP contribution in [0.5, 0.6) is 0 Å². The Morgan fingerprint density at radius 3 is 2.68 bits per heavy atom. The molecule has 6 aromatic rings. The van der Waals surface area contributed by atoms with Crippen LogP contribution < -0.4 is 10.0 Å². The largest absolute Gasteiger partial charge is 0.338 e. The molecule has 0 aliphatic carbocycles. The quantitative estimate of drug-likeness (QED) is 0.191. The molecule has 6 rings (SSSR count). The van der Waals surface area contributed by atoms with Gasteiger partial charge < -0.3 is 15.2 Å². The number of aromatic nitrogens is 6. The number of anilines is 1. The Balaban J connectivity index is 1.36. The second-order valence-electron chi connectivity index (χ2n) is 10.7. The highest BCUT2D eigenvalue weighted by Gasteiger charge is 2.17. The van der Waals surface area contributed by atoms with E-state index in [2.05, 4.69) is 35.2 Å². The molecule has 12 nitrogen and oxygen atoms in total. The second-order valence-corrected chi connectivity index (χ2v) is 12.5. The average Bonchev–Trinajstić information content (AvgIpc) is 3.59. The molecule has 0 unspecified atom stereocenters. The van der Waals surface area contributed by atoms with E-state index >= 15 is 0 Å². The van der Waals surface area contributed by atoms with Crippen molar-refractivity contribution >= 4 is 43.7 Å². The molecule has 0 fully saturated rings. The molecule has 0 aliphatic rings. The van der Waals surface area contributed by atoms with Crippen molar-refractivity contribution in [2.75, 3.05) is 32.2 Å². The lowest BCUT2D eigenvalue weighted by molar-refractivity contribution is -0.116. The van der Waals surface area contributed by atoms with E-state index in [1.54, 1.807) is 35.6 Å². The third-order valence-electron chi connectivity index (χ3n) is 6.78. The predicted molar refractivity (Wildman–Crippen MR) is 166 cm³/mol. The number of amides is 1. The smallest absolute Gasteiger partial charge is 0.238 e. The van der Waals surface area contributed by atoms with Gasteiger partial charge in [-0.05, 0) is 79.3 Å². The monoisotopic (exact) mass is 613 g/mol. The number of rotatable bonds is 9. The number of nitrogens with one attached hydrogen (secondary N) is 4. The second kappa shape index (κ2) is 11.6. The van der Waals surface area contributed by atoms with Gasteiger partial charge in [-0.3, -0.25) is 14.9 Å². The number of aromatic amines is 2. The minimum Gasteiger partial charge on any atom is -0.338 e. The third-order valence-corrected chi connectivity index (χ3v) is 7.45. The first-order valence-electron chi connectivity index (χ1n) is 13.5. The van der Waals surface area contributed by atoms with E-state index < -0.39 is 15.8 Å². The lowest BCUT2D eigenvalue weighted by atomic mass is 10.0. The molecule has 0 aliphatic heterocycles. The molecule has 5 aromatic heterocycles. The van der Waals surface area contributed by atoms with Gasteiger partial charge in [-0.1, -0.05) is 0 Å². The van der Waals surface area contributed by atoms with Gasteiger partial charge in [-0.2, -0.15) is 5.10 Å². The Kier molecular flexibility index (Phi) is 7.63. The third kappa shape index (κ3) is 6.32. The first-order valence-corrected chi connectivity index (χ1v) is 15.4. The number of hydrogen-bond acceptors (Lipinski definition) is 8. The molecule has 0 bridgehead atoms. The molecule has 224 valence electrons. The maximum Gasteiger partial charge on any atom is 0.238 e. The molecule has 0 saturated heterocycles. The van der Waals surface area contributed by atoms with Crippen LogP contribution >= 0.6 is 0 Å². The highest BCUT2D eigenvalue weighted by atomic mass is 32.2. The van der Waals surface area contributed by atoms with E-state index in [1.807, 2.05) is 38.4 Å². The van der Waals surface area contributed by atoms with Crippen molar-refractivity contribution in [2.45, 2.75) is 6.54 Å². The molecule has 0 saturated carbocycles. The number of pyridine rings is 3. The van der Waals surface area contributed by atoms with E-state index in [9.17, 15) is 17.6 Å². The number of halogens is 1. The summed E-state index contributed by atoms with van der Waals surface area (Å²) >= 11 is 0. The lowest BCUT2D eigenvalue weighted by Crippen LogP contribution is -2.27. The van der Waals surface area contributed by atoms with Gasteiger partial charge in [0.15, 0.2) is 0 Å². The molecule has 14 heteroatoms. The molecule has 1 amide bonds. The van der Waals surface area contributed by atoms with Crippen molar-refractivity contribution < 1.29 is 17.6 Å². The van der Waals surface area contributed by atoms with Gasteiger partial charge in [0.05, 0.1) is 41.6 Å². The Bertz CT molecular complexity index is 2140. The number of hydrogen-bond donors (Lipinski definition) is 4. The zero-order valence-corrected chi connectivity index (χ0v) is 24.8. The molecule has 44 heavy (non-hydrogen) atoms. The zero-order chi connectivity index (χ0) is 31.0. The van der Waals surface area contributed by atoms with E-state index in [-0.39, 0.29) is 19.0 Å². The van der Waals surface area contributed by atoms with Gasteiger partial charge in [0.1, 0.15) is 22.7 Å². The van der Waals surface area contributed by atoms with E-state index in [1.165, 1.54) is 12.1 Å². The van der Waals surface area contributed by atoms with Crippen molar-refractivity contribution in [3.63, 3.8) is 0 Å². The number of carbonyl (C=O) groups is 1. The fourth-order valence-electron chi connectivity index (χ4n) is 4.91. The number of benzene rings is 1. The van der Waals surface area contributed by atoms with Crippen LogP contribution in [0, 0.1) is 5.82 Å². The average molecular weight is 614 g/mol. The standard InChI is InChI=1S/C30H28FN9O3S/c1-40(2)16-27(41)35-21-11-19(14-32-15-21)24-4-5-25-28(36-24)29(39-38-25)26-12-23-22(6-7-33-30(23)37-26)18-8-17(9-20(31)10-18)13-34-44(3,42)43/h4-12,14-15,34H,13,16H2,1-3H3,(H,33,37)(H,35,41)(H,38,39). The fourth-order valence-corrected chi connectivity index (χ4v) is 5.34. The van der Waals surface area contributed by atoms with Gasteiger partial charge in [0.25, 0.3) is 0 Å². The van der Waals surface area contributed by atoms with Crippen LogP contribution in [0.25, 0.3) is 55.8 Å². The maximum absolute atomic E-state index is 14.6. The first kappa shape index (κ1) is 29.0. The maximum atomic E-state index is 14.6. The van der Waals surface area contributed by atoms with Gasteiger partial charge in [0.2, 0.25) is 15.9 Å². The van der Waals surface area contributed by atoms with Crippen LogP contribution in [0.2, 0.25) is 0 Å². The topological polar surface area (TPSA) is 162 Å². The number of nitrogens with zero attached hydrogens (tertiary/aromatic N) is 5. The minimum atomic E-state index is -3.44. The molecule has 5 heterocycles. The first-order chi connectivity index (χ1) is 21.0. The Morgan fingerprint density at radius 2 is 1.89 bits per heavy atom. The summed E-state index contributed by atoms with van der Waals surface area (Å²) in [7, 11) is 0.194. The Labute approximate surface area is 251 Å². The van der Waals surface area contributed by atoms with Crippen molar-refractivity contribution in [2.24, 2.45) is 0 Å². The van der Waals surface area contributed by atoms with Gasteiger partial charge in [-0.25, -0.2) is 27.5 Å². The van der Waals surface area contributed by atoms with E-state index in [4.69, 9.17) is 4.98 Å². The fraction of sp³-hybridized carbons (Fsp3) is 0.167. The van der Waals surface area contributed by atoms with Crippen LogP contribution in [0.3, 0.4) is 0 Å². The van der Waals surface area contributed by atoms with Crippen molar-refractivity contribution in [3.05, 3.63) is 78.5 Å². The molecule has 0 atom stereocenters. The summed E-state index contributed by atoms with van der Waals surface area (Å²) in [6.07, 6.45) is 5.93. The zero-order valence-electron chi connectivity index (χ0n) is 24.0. The van der Waals surface area contributed by atoms with Crippen LogP contribution in [-0.4, -0.2) is 76.3 Å². The number of sulfonamides is 1. The summed E-state index contributed by atoms with van der Waals surface area (Å²) in [6, 6.07) is 13.6. The molecule has 0 radical (unpaired) electrons. The number of carbonyl (C=O) groups excluding carboxylic acids is 1. The summed E-state index contributed by atoms with van der Waals surface area (Å²) in [4.78, 5) is 30.9. The SMILES string of the molecule is CN(C)CC(=O)Nc1cncc(-c2ccc3[nH]nc(-c4cc5c(-c6cc(F)cc(CNS(C)(=O)=O)c6)ccnc5[nH]4)c3n2)c1. The van der Waals surface area contributed by atoms with Gasteiger partial charge >= 0.3 is 0 Å². The van der Waals surface area contributed by atoms with Crippen LogP contribution in [0.4, 0.5) is 10.1 Å². The van der Waals surface area contributed by atoms with Gasteiger partial charge in [-0.15, -0.1) is 0 Å². The van der Waals surface area contributed by atoms with Crippen molar-refractivity contribution in [3.8, 4) is 33.8 Å². The highest BCUT2D eigenvalue weighted by molar-refractivity contribution is 7.88. The summed E-state index contributed by atoms with van der Waals surface area (Å²) in [5.74, 6) is -0.638. The highest BCUT2D eigenvalue weighted by Crippen LogP contribution is 2.34. The summed E-state index contributed by atoms with van der Waals surface area (Å²) in [5, 5.41) is 11.1. The minimum absolute atomic E-state index is 0.0374. The Morgan fingerprint density at radius 1 is 1.05 bits per heavy atom. The molecule has 4 N–H and O–H groups in total. The number of H-pyrrole nitrogens is 2. The van der Waals surface area contributed by atoms with E-state index in [0.717, 1.165) is 17.2 Å². The molecule has 0 spiro atoms. The summed E-state index contributed by atoms with van der Waals surface area (Å²) in [6.45, 7) is 0.207. The number of likely N-dealkylation sites (N-methyl/N-ethyl adjacent to an activating group) is 1. The molecular weight excluding hydrogens is 585 g/mol. The molecular formula is C30H28FN9O3S. The summed E-state index contributed by atoms with van der Waals surface area (Å²) in [5.41, 5.74) is 6.79. The van der Waals surface area contributed by atoms with Crippen LogP contribution in [-0.2, 0) is 21.4 Å². The van der Waals surface area contributed by atoms with Crippen LogP contribution in [0.15, 0.2) is 67.1 Å². The predicted octanol–water partition coefficient (Wildman–Crippen LogP) is 3.92. The summed E-state index contributed by atoms with van der Waals surface area (Å²) < 4.78 is 40.1. The normalized spacial score (nSPS) is 11.9. The lowest BCUT2D eigenvalue weighted by Gasteiger charge is -2.10. The Hall–Kier alpha value is -5.05. The van der Waals surface area contributed by atoms with Crippen LogP contribution in [0.1, 0.15) is 5.56 Å². The van der Waals surface area contributed by atoms with E-state index in [0.29, 0.717) is 56.1 Å². The van der Waals surface area contributed by atoms with Crippen molar-refractivity contribution in [1.29, 1.82) is 0 Å². The molecule has 1 aromatic carbocycles. The van der Waals surface area contributed by atoms with Gasteiger partial charge in [0, 0.05) is 29.9 Å².